The number of nitrogens with zero attached hydrogens (tertiary/aromatic N) is 2. The first-order valence-corrected chi connectivity index (χ1v) is 20.5. The van der Waals surface area contributed by atoms with E-state index < -0.39 is 0 Å². The SMILES string of the molecule is CC1(C)c2cccc3ccc4cc(N(c5ccccc5)c5cccc6c(N(c7ccccc7)c7cc8c9c(ccc%10cccc(c%109)C8(C)C)c7)cccc56)cc1c4c23. The lowest BCUT2D eigenvalue weighted by Crippen LogP contribution is -2.17. The molecule has 0 amide bonds. The summed E-state index contributed by atoms with van der Waals surface area (Å²) in [5.41, 5.74) is 12.2. The van der Waals surface area contributed by atoms with Crippen molar-refractivity contribution in [3.63, 3.8) is 0 Å². The van der Waals surface area contributed by atoms with Gasteiger partial charge in [0.2, 0.25) is 0 Å². The molecule has 10 aromatic carbocycles. The molecule has 2 nitrogen and oxygen atoms in total. The summed E-state index contributed by atoms with van der Waals surface area (Å²) in [6.07, 6.45) is 0. The smallest absolute Gasteiger partial charge is 0.0540 e. The van der Waals surface area contributed by atoms with Crippen molar-refractivity contribution in [2.75, 3.05) is 9.80 Å². The number of benzene rings is 10. The van der Waals surface area contributed by atoms with Gasteiger partial charge in [-0.3, -0.25) is 0 Å². The van der Waals surface area contributed by atoms with Crippen molar-refractivity contribution in [1.82, 2.24) is 0 Å². The second kappa shape index (κ2) is 11.8. The lowest BCUT2D eigenvalue weighted by Gasteiger charge is -2.31. The van der Waals surface area contributed by atoms with Crippen LogP contribution >= 0.6 is 0 Å². The summed E-state index contributed by atoms with van der Waals surface area (Å²) in [6.45, 7) is 9.54. The van der Waals surface area contributed by atoms with E-state index in [1.807, 2.05) is 0 Å². The maximum absolute atomic E-state index is 2.47. The van der Waals surface area contributed by atoms with Crippen LogP contribution in [0.4, 0.5) is 34.1 Å². The molecule has 2 heteroatoms. The molecule has 0 saturated heterocycles. The van der Waals surface area contributed by atoms with Gasteiger partial charge in [0.1, 0.15) is 0 Å². The Morgan fingerprint density at radius 1 is 0.293 bits per heavy atom. The highest BCUT2D eigenvalue weighted by Crippen LogP contribution is 2.54. The molecule has 12 rings (SSSR count). The first-order valence-electron chi connectivity index (χ1n) is 20.5. The molecule has 0 aromatic heterocycles. The second-order valence-electron chi connectivity index (χ2n) is 17.4. The Kier molecular flexibility index (Phi) is 6.78. The van der Waals surface area contributed by atoms with Crippen LogP contribution in [0.5, 0.6) is 0 Å². The molecule has 0 fully saturated rings. The number of para-hydroxylation sites is 2. The number of fused-ring (bicyclic) bond motifs is 1. The first-order chi connectivity index (χ1) is 28.3. The van der Waals surface area contributed by atoms with E-state index in [-0.39, 0.29) is 10.8 Å². The highest BCUT2D eigenvalue weighted by atomic mass is 15.2. The van der Waals surface area contributed by atoms with Crippen molar-refractivity contribution in [3.05, 3.63) is 204 Å². The third kappa shape index (κ3) is 4.49. The van der Waals surface area contributed by atoms with Crippen LogP contribution in [0, 0.1) is 0 Å². The monoisotopic (exact) mass is 742 g/mol. The molecule has 10 aromatic rings. The third-order valence-electron chi connectivity index (χ3n) is 13.5. The van der Waals surface area contributed by atoms with Gasteiger partial charge in [-0.15, -0.1) is 0 Å². The molecule has 0 radical (unpaired) electrons. The maximum Gasteiger partial charge on any atom is 0.0540 e. The minimum absolute atomic E-state index is 0.121. The van der Waals surface area contributed by atoms with Gasteiger partial charge in [0.05, 0.1) is 11.4 Å². The van der Waals surface area contributed by atoms with Crippen LogP contribution in [-0.4, -0.2) is 0 Å². The summed E-state index contributed by atoms with van der Waals surface area (Å²) >= 11 is 0. The van der Waals surface area contributed by atoms with Crippen LogP contribution in [0.3, 0.4) is 0 Å². The predicted octanol–water partition coefficient (Wildman–Crippen LogP) is 15.7. The topological polar surface area (TPSA) is 6.48 Å². The standard InChI is InChI=1S/C56H42N2/c1-55(2)45-23-11-15-35-27-29-37-31-41(33-47(55)53(37)51(35)45)57(39-17-7-5-8-18-39)49-25-13-22-44-43(49)21-14-26-50(44)58(40-19-9-6-10-20-40)42-32-38-30-28-36-16-12-24-46-52(36)54(38)48(34-42)56(46,3)4/h5-34H,1-4H3. The largest absolute Gasteiger partial charge is 0.310 e. The summed E-state index contributed by atoms with van der Waals surface area (Å²) in [7, 11) is 0. The molecule has 0 bridgehead atoms. The quantitative estimate of drug-likeness (QED) is 0.157. The molecule has 58 heavy (non-hydrogen) atoms. The zero-order valence-electron chi connectivity index (χ0n) is 33.2. The number of anilines is 6. The van der Waals surface area contributed by atoms with Gasteiger partial charge in [0, 0.05) is 44.4 Å². The summed E-state index contributed by atoms with van der Waals surface area (Å²) in [5.74, 6) is 0. The first kappa shape index (κ1) is 33.3. The molecule has 0 aliphatic heterocycles. The van der Waals surface area contributed by atoms with Gasteiger partial charge in [-0.05, 0) is 126 Å². The lowest BCUT2D eigenvalue weighted by atomic mass is 9.81. The van der Waals surface area contributed by atoms with Crippen molar-refractivity contribution in [2.45, 2.75) is 38.5 Å². The highest BCUT2D eigenvalue weighted by Gasteiger charge is 2.36. The minimum atomic E-state index is -0.121. The average molecular weight is 743 g/mol. The fraction of sp³-hybridized carbons (Fsp3) is 0.107. The Morgan fingerprint density at radius 3 is 1.10 bits per heavy atom. The average Bonchev–Trinajstić information content (AvgIpc) is 3.64. The molecule has 0 heterocycles. The van der Waals surface area contributed by atoms with Gasteiger partial charge in [0.25, 0.3) is 0 Å². The van der Waals surface area contributed by atoms with Crippen molar-refractivity contribution in [1.29, 1.82) is 0 Å². The third-order valence-corrected chi connectivity index (χ3v) is 13.5. The van der Waals surface area contributed by atoms with E-state index >= 15 is 0 Å². The van der Waals surface area contributed by atoms with Gasteiger partial charge in [-0.25, -0.2) is 0 Å². The van der Waals surface area contributed by atoms with E-state index in [0.29, 0.717) is 0 Å². The van der Waals surface area contributed by atoms with Crippen LogP contribution in [0.25, 0.3) is 53.9 Å². The molecule has 0 saturated carbocycles. The predicted molar refractivity (Wildman–Crippen MR) is 248 cm³/mol. The van der Waals surface area contributed by atoms with E-state index in [1.165, 1.54) is 76.1 Å². The summed E-state index contributed by atoms with van der Waals surface area (Å²) in [6, 6.07) is 68.0. The molecule has 0 atom stereocenters. The zero-order valence-corrected chi connectivity index (χ0v) is 33.2. The Labute approximate surface area is 339 Å². The van der Waals surface area contributed by atoms with Gasteiger partial charge in [-0.1, -0.05) is 149 Å². The van der Waals surface area contributed by atoms with Crippen molar-refractivity contribution in [3.8, 4) is 0 Å². The fourth-order valence-electron chi connectivity index (χ4n) is 10.7. The molecule has 276 valence electrons. The summed E-state index contributed by atoms with van der Waals surface area (Å²) in [5, 5.41) is 13.2. The van der Waals surface area contributed by atoms with E-state index in [9.17, 15) is 0 Å². The van der Waals surface area contributed by atoms with Crippen LogP contribution in [0.15, 0.2) is 182 Å². The summed E-state index contributed by atoms with van der Waals surface area (Å²) < 4.78 is 0. The highest BCUT2D eigenvalue weighted by molar-refractivity contribution is 6.18. The van der Waals surface area contributed by atoms with E-state index in [4.69, 9.17) is 0 Å². The van der Waals surface area contributed by atoms with Gasteiger partial charge in [0.15, 0.2) is 0 Å². The van der Waals surface area contributed by atoms with E-state index in [2.05, 4.69) is 219 Å². The number of hydrogen-bond acceptors (Lipinski definition) is 2. The zero-order chi connectivity index (χ0) is 38.9. The van der Waals surface area contributed by atoms with Gasteiger partial charge in [-0.2, -0.15) is 0 Å². The van der Waals surface area contributed by atoms with Crippen molar-refractivity contribution < 1.29 is 0 Å². The fourth-order valence-corrected chi connectivity index (χ4v) is 10.7. The van der Waals surface area contributed by atoms with Crippen molar-refractivity contribution in [2.24, 2.45) is 0 Å². The molecule has 0 spiro atoms. The number of rotatable bonds is 6. The molecule has 2 aliphatic carbocycles. The Morgan fingerprint density at radius 2 is 0.672 bits per heavy atom. The van der Waals surface area contributed by atoms with Crippen molar-refractivity contribution >= 4 is 88.0 Å². The number of hydrogen-bond donors (Lipinski definition) is 0. The molecule has 0 N–H and O–H groups in total. The van der Waals surface area contributed by atoms with Crippen LogP contribution in [0.2, 0.25) is 0 Å². The maximum atomic E-state index is 2.47. The Hall–Kier alpha value is -6.90. The Balaban J connectivity index is 1.09. The molecule has 0 unspecified atom stereocenters. The molecule has 2 aliphatic rings. The summed E-state index contributed by atoms with van der Waals surface area (Å²) in [4.78, 5) is 4.94. The molecular weight excluding hydrogens is 701 g/mol. The Bertz CT molecular complexity index is 3110. The second-order valence-corrected chi connectivity index (χ2v) is 17.4. The van der Waals surface area contributed by atoms with Crippen LogP contribution in [-0.2, 0) is 10.8 Å². The van der Waals surface area contributed by atoms with E-state index in [1.54, 1.807) is 0 Å². The van der Waals surface area contributed by atoms with Gasteiger partial charge >= 0.3 is 0 Å². The van der Waals surface area contributed by atoms with E-state index in [0.717, 1.165) is 34.1 Å². The minimum Gasteiger partial charge on any atom is -0.310 e. The lowest BCUT2D eigenvalue weighted by molar-refractivity contribution is 0.662. The van der Waals surface area contributed by atoms with Crippen LogP contribution < -0.4 is 9.80 Å². The normalized spacial score (nSPS) is 14.5. The van der Waals surface area contributed by atoms with Gasteiger partial charge < -0.3 is 9.80 Å². The molecular formula is C56H42N2. The van der Waals surface area contributed by atoms with Crippen LogP contribution in [0.1, 0.15) is 49.9 Å².